The molecule has 38 heavy (non-hydrogen) atoms. The van der Waals surface area contributed by atoms with Gasteiger partial charge in [0.2, 0.25) is 11.8 Å². The van der Waals surface area contributed by atoms with Gasteiger partial charge in [0.15, 0.2) is 11.2 Å². The number of rotatable bonds is 7. The van der Waals surface area contributed by atoms with Gasteiger partial charge in [-0.05, 0) is 80.4 Å². The van der Waals surface area contributed by atoms with Crippen LogP contribution in [-0.2, 0) is 0 Å². The molecule has 3 aromatic carbocycles. The van der Waals surface area contributed by atoms with E-state index in [0.717, 1.165) is 11.4 Å². The molecule has 9 heteroatoms. The molecule has 0 aliphatic heterocycles. The fourth-order valence-electron chi connectivity index (χ4n) is 4.38. The molecule has 0 aliphatic rings. The lowest BCUT2D eigenvalue weighted by atomic mass is 10.1. The molecule has 5 aromatic rings. The van der Waals surface area contributed by atoms with Crippen molar-refractivity contribution in [1.82, 2.24) is 14.8 Å². The minimum absolute atomic E-state index is 0.0620. The zero-order chi connectivity index (χ0) is 27.0. The van der Waals surface area contributed by atoms with Crippen LogP contribution in [0.3, 0.4) is 0 Å². The Morgan fingerprint density at radius 2 is 1.76 bits per heavy atom. The Labute approximate surface area is 223 Å². The van der Waals surface area contributed by atoms with E-state index in [1.54, 1.807) is 44.1 Å². The van der Waals surface area contributed by atoms with E-state index in [9.17, 15) is 9.18 Å². The number of halogens is 1. The molecular formula is C29H27FN4O3S. The average molecular weight is 531 g/mol. The second kappa shape index (κ2) is 10.3. The van der Waals surface area contributed by atoms with Gasteiger partial charge in [0.1, 0.15) is 11.6 Å². The highest BCUT2D eigenvalue weighted by atomic mass is 32.2. The van der Waals surface area contributed by atoms with E-state index in [1.807, 2.05) is 42.7 Å². The smallest absolute Gasteiger partial charge is 0.247 e. The zero-order valence-electron chi connectivity index (χ0n) is 21.8. The van der Waals surface area contributed by atoms with Crippen molar-refractivity contribution in [2.24, 2.45) is 0 Å². The van der Waals surface area contributed by atoms with E-state index >= 15 is 0 Å². The number of nitrogens with one attached hydrogen (secondary N) is 1. The first kappa shape index (κ1) is 25.5. The van der Waals surface area contributed by atoms with E-state index in [1.165, 1.54) is 12.1 Å². The van der Waals surface area contributed by atoms with Crippen LogP contribution >= 0.6 is 11.9 Å². The highest BCUT2D eigenvalue weighted by Crippen LogP contribution is 2.37. The molecule has 0 saturated carbocycles. The molecule has 1 N–H and O–H groups in total. The van der Waals surface area contributed by atoms with Gasteiger partial charge in [-0.3, -0.25) is 4.79 Å². The van der Waals surface area contributed by atoms with Crippen molar-refractivity contribution in [2.45, 2.75) is 34.6 Å². The first-order valence-electron chi connectivity index (χ1n) is 12.2. The normalized spacial score (nSPS) is 11.2. The third kappa shape index (κ3) is 4.89. The number of aryl methyl sites for hydroxylation is 4. The van der Waals surface area contributed by atoms with Crippen LogP contribution in [0.4, 0.5) is 10.1 Å². The van der Waals surface area contributed by atoms with Crippen LogP contribution in [-0.4, -0.2) is 20.5 Å². The monoisotopic (exact) mass is 530 g/mol. The van der Waals surface area contributed by atoms with Gasteiger partial charge in [-0.2, -0.15) is 0 Å². The SMILES string of the molecule is CCSNc1ccc(Oc2c(C)cc(F)cc2C)c(-n2cc(C)c(=O)c3ccc(-c4nnc(C)o4)cc32)c1. The van der Waals surface area contributed by atoms with E-state index in [2.05, 4.69) is 21.8 Å². The van der Waals surface area contributed by atoms with Crippen LogP contribution in [0, 0.1) is 33.5 Å². The fourth-order valence-corrected chi connectivity index (χ4v) is 4.82. The van der Waals surface area contributed by atoms with Gasteiger partial charge in [0.25, 0.3) is 0 Å². The summed E-state index contributed by atoms with van der Waals surface area (Å²) in [5.74, 6) is 2.53. The minimum atomic E-state index is -0.311. The first-order valence-corrected chi connectivity index (χ1v) is 13.2. The molecule has 0 spiro atoms. The molecule has 7 nitrogen and oxygen atoms in total. The highest BCUT2D eigenvalue weighted by Gasteiger charge is 2.17. The largest absolute Gasteiger partial charge is 0.455 e. The maximum atomic E-state index is 14.0. The minimum Gasteiger partial charge on any atom is -0.455 e. The number of hydrogen-bond donors (Lipinski definition) is 1. The molecule has 0 aliphatic carbocycles. The second-order valence-electron chi connectivity index (χ2n) is 9.06. The van der Waals surface area contributed by atoms with Crippen LogP contribution in [0.5, 0.6) is 11.5 Å². The molecule has 0 saturated heterocycles. The summed E-state index contributed by atoms with van der Waals surface area (Å²) in [5, 5.41) is 8.62. The fraction of sp³-hybridized carbons (Fsp3) is 0.207. The van der Waals surface area contributed by atoms with Crippen LogP contribution in [0.25, 0.3) is 28.0 Å². The summed E-state index contributed by atoms with van der Waals surface area (Å²) in [5.41, 5.74) is 4.83. The Balaban J connectivity index is 1.75. The summed E-state index contributed by atoms with van der Waals surface area (Å²) in [4.78, 5) is 13.1. The van der Waals surface area contributed by atoms with Crippen LogP contribution < -0.4 is 14.9 Å². The van der Waals surface area contributed by atoms with Crippen molar-refractivity contribution in [3.63, 3.8) is 0 Å². The lowest BCUT2D eigenvalue weighted by molar-refractivity contribution is 0.470. The second-order valence-corrected chi connectivity index (χ2v) is 10.1. The number of aromatic nitrogens is 3. The Morgan fingerprint density at radius 3 is 2.45 bits per heavy atom. The van der Waals surface area contributed by atoms with Gasteiger partial charge >= 0.3 is 0 Å². The lowest BCUT2D eigenvalue weighted by Crippen LogP contribution is -2.12. The van der Waals surface area contributed by atoms with Gasteiger partial charge in [-0.15, -0.1) is 10.2 Å². The molecule has 0 atom stereocenters. The summed E-state index contributed by atoms with van der Waals surface area (Å²) in [6.45, 7) is 9.21. The summed E-state index contributed by atoms with van der Waals surface area (Å²) >= 11 is 1.57. The quantitative estimate of drug-likeness (QED) is 0.221. The van der Waals surface area contributed by atoms with Crippen molar-refractivity contribution in [1.29, 1.82) is 0 Å². The molecule has 2 heterocycles. The van der Waals surface area contributed by atoms with Gasteiger partial charge in [-0.25, -0.2) is 4.39 Å². The number of hydrogen-bond acceptors (Lipinski definition) is 7. The molecule has 0 bridgehead atoms. The van der Waals surface area contributed by atoms with Crippen LogP contribution in [0.15, 0.2) is 63.9 Å². The topological polar surface area (TPSA) is 82.2 Å². The number of benzene rings is 3. The number of ether oxygens (including phenoxy) is 1. The number of nitrogens with zero attached hydrogens (tertiary/aromatic N) is 3. The van der Waals surface area contributed by atoms with Crippen molar-refractivity contribution >= 4 is 28.5 Å². The number of fused-ring (bicyclic) bond motifs is 1. The van der Waals surface area contributed by atoms with Gasteiger partial charge in [0, 0.05) is 41.1 Å². The van der Waals surface area contributed by atoms with Crippen LogP contribution in [0.2, 0.25) is 0 Å². The van der Waals surface area contributed by atoms with Gasteiger partial charge in [0.05, 0.1) is 11.2 Å². The molecule has 194 valence electrons. The molecule has 0 fully saturated rings. The molecule has 0 radical (unpaired) electrons. The standard InChI is InChI=1S/C29H27FN4O3S/c1-6-38-33-22-8-10-26(37-28-16(2)11-21(30)12-17(28)3)25(14-22)34-15-18(4)27(35)23-9-7-20(13-24(23)34)29-32-31-19(5)36-29/h7-15,33H,6H2,1-5H3. The molecule has 0 amide bonds. The van der Waals surface area contributed by atoms with Gasteiger partial charge < -0.3 is 18.4 Å². The van der Waals surface area contributed by atoms with E-state index < -0.39 is 0 Å². The maximum Gasteiger partial charge on any atom is 0.247 e. The third-order valence-corrected chi connectivity index (χ3v) is 6.81. The number of anilines is 1. The Bertz CT molecular complexity index is 1700. The third-order valence-electron chi connectivity index (χ3n) is 6.15. The Morgan fingerprint density at radius 1 is 1.00 bits per heavy atom. The van der Waals surface area contributed by atoms with E-state index in [4.69, 9.17) is 9.15 Å². The Kier molecular flexibility index (Phi) is 6.94. The lowest BCUT2D eigenvalue weighted by Gasteiger charge is -2.20. The average Bonchev–Trinajstić information content (AvgIpc) is 3.33. The predicted molar refractivity (Wildman–Crippen MR) is 150 cm³/mol. The van der Waals surface area contributed by atoms with Crippen molar-refractivity contribution < 1.29 is 13.5 Å². The molecule has 0 unspecified atom stereocenters. The summed E-state index contributed by atoms with van der Waals surface area (Å²) in [7, 11) is 0. The molecule has 5 rings (SSSR count). The molecular weight excluding hydrogens is 503 g/mol. The van der Waals surface area contributed by atoms with Crippen molar-refractivity contribution in [2.75, 3.05) is 10.5 Å². The van der Waals surface area contributed by atoms with E-state index in [-0.39, 0.29) is 11.2 Å². The summed E-state index contributed by atoms with van der Waals surface area (Å²) < 4.78 is 31.3. The van der Waals surface area contributed by atoms with Gasteiger partial charge in [-0.1, -0.05) is 18.9 Å². The molecule has 2 aromatic heterocycles. The van der Waals surface area contributed by atoms with E-state index in [0.29, 0.717) is 62.1 Å². The van der Waals surface area contributed by atoms with Crippen molar-refractivity contribution in [3.8, 4) is 28.6 Å². The zero-order valence-corrected chi connectivity index (χ0v) is 22.6. The van der Waals surface area contributed by atoms with Crippen molar-refractivity contribution in [3.05, 3.63) is 93.3 Å². The number of pyridine rings is 1. The van der Waals surface area contributed by atoms with Crippen LogP contribution in [0.1, 0.15) is 29.5 Å². The summed E-state index contributed by atoms with van der Waals surface area (Å²) in [6.07, 6.45) is 1.80. The summed E-state index contributed by atoms with van der Waals surface area (Å²) in [6, 6.07) is 14.1. The first-order chi connectivity index (χ1) is 18.2. The maximum absolute atomic E-state index is 14.0. The predicted octanol–water partition coefficient (Wildman–Crippen LogP) is 7.29. The highest BCUT2D eigenvalue weighted by molar-refractivity contribution is 8.00. The Hall–Kier alpha value is -4.11.